The smallest absolute Gasteiger partial charge is 0.166 e. The van der Waals surface area contributed by atoms with Crippen molar-refractivity contribution in [2.24, 2.45) is 0 Å². The van der Waals surface area contributed by atoms with E-state index >= 15 is 0 Å². The van der Waals surface area contributed by atoms with Crippen molar-refractivity contribution < 1.29 is 14.3 Å². The summed E-state index contributed by atoms with van der Waals surface area (Å²) in [5.74, 6) is 1.89. The normalized spacial score (nSPS) is 22.4. The van der Waals surface area contributed by atoms with Crippen molar-refractivity contribution in [3.05, 3.63) is 101 Å². The lowest BCUT2D eigenvalue weighted by Crippen LogP contribution is -2.27. The molecule has 1 saturated carbocycles. The SMILES string of the molecule is COC1C/C(=C\CC(=O)c2cc(C)ccc2C)CC1Oc1cccc(CSN2CCCC2c2cnccn2)c1. The number of benzene rings is 2. The molecule has 1 aliphatic heterocycles. The molecule has 39 heavy (non-hydrogen) atoms. The number of allylic oxidation sites excluding steroid dienone is 1. The van der Waals surface area contributed by atoms with Crippen LogP contribution in [0.25, 0.3) is 0 Å². The number of aromatic nitrogens is 2. The molecule has 204 valence electrons. The number of hydrogen-bond acceptors (Lipinski definition) is 7. The Morgan fingerprint density at radius 1 is 1.13 bits per heavy atom. The van der Waals surface area contributed by atoms with E-state index in [-0.39, 0.29) is 18.0 Å². The van der Waals surface area contributed by atoms with E-state index in [1.807, 2.05) is 56.3 Å². The van der Waals surface area contributed by atoms with Crippen LogP contribution in [0.2, 0.25) is 0 Å². The minimum absolute atomic E-state index is 0.0255. The van der Waals surface area contributed by atoms with Gasteiger partial charge in [-0.1, -0.05) is 53.4 Å². The molecule has 0 spiro atoms. The summed E-state index contributed by atoms with van der Waals surface area (Å²) in [6.07, 6.45) is 11.6. The Morgan fingerprint density at radius 3 is 2.82 bits per heavy atom. The molecule has 2 aliphatic rings. The number of Topliss-reactive ketones (excluding diaryl/α,β-unsaturated/α-hetero) is 1. The van der Waals surface area contributed by atoms with Crippen molar-refractivity contribution in [2.45, 2.75) is 70.0 Å². The van der Waals surface area contributed by atoms with Crippen LogP contribution < -0.4 is 4.74 Å². The molecule has 1 aliphatic carbocycles. The van der Waals surface area contributed by atoms with E-state index in [0.717, 1.165) is 59.7 Å². The van der Waals surface area contributed by atoms with Crippen molar-refractivity contribution in [3.8, 4) is 5.75 Å². The van der Waals surface area contributed by atoms with Gasteiger partial charge in [-0.25, -0.2) is 4.31 Å². The van der Waals surface area contributed by atoms with Gasteiger partial charge in [-0.05, 0) is 62.4 Å². The summed E-state index contributed by atoms with van der Waals surface area (Å²) in [6.45, 7) is 5.07. The highest BCUT2D eigenvalue weighted by Crippen LogP contribution is 2.37. The average molecular weight is 544 g/mol. The summed E-state index contributed by atoms with van der Waals surface area (Å²) in [5.41, 5.74) is 6.44. The van der Waals surface area contributed by atoms with Gasteiger partial charge in [0.15, 0.2) is 5.78 Å². The Balaban J connectivity index is 1.18. The Labute approximate surface area is 236 Å². The van der Waals surface area contributed by atoms with Crippen LogP contribution >= 0.6 is 11.9 Å². The summed E-state index contributed by atoms with van der Waals surface area (Å²) in [4.78, 5) is 21.7. The minimum Gasteiger partial charge on any atom is -0.487 e. The maximum Gasteiger partial charge on any atom is 0.166 e. The lowest BCUT2D eigenvalue weighted by atomic mass is 9.99. The zero-order valence-electron chi connectivity index (χ0n) is 23.0. The van der Waals surface area contributed by atoms with Gasteiger partial charge in [-0.15, -0.1) is 0 Å². The van der Waals surface area contributed by atoms with Crippen LogP contribution in [0.1, 0.15) is 70.9 Å². The number of ether oxygens (including phenoxy) is 2. The second-order valence-corrected chi connectivity index (χ2v) is 11.5. The van der Waals surface area contributed by atoms with Crippen molar-refractivity contribution >= 4 is 17.7 Å². The van der Waals surface area contributed by atoms with Gasteiger partial charge in [0.2, 0.25) is 0 Å². The van der Waals surface area contributed by atoms with Crippen molar-refractivity contribution in [2.75, 3.05) is 13.7 Å². The number of rotatable bonds is 10. The molecule has 7 heteroatoms. The first-order valence-corrected chi connectivity index (χ1v) is 14.7. The molecule has 3 aromatic rings. The number of methoxy groups -OCH3 is 1. The highest BCUT2D eigenvalue weighted by molar-refractivity contribution is 7.96. The predicted octanol–water partition coefficient (Wildman–Crippen LogP) is 6.83. The highest BCUT2D eigenvalue weighted by atomic mass is 32.2. The predicted molar refractivity (Wildman–Crippen MR) is 156 cm³/mol. The van der Waals surface area contributed by atoms with Crippen molar-refractivity contribution in [1.29, 1.82) is 0 Å². The van der Waals surface area contributed by atoms with Gasteiger partial charge < -0.3 is 9.47 Å². The van der Waals surface area contributed by atoms with Crippen molar-refractivity contribution in [3.63, 3.8) is 0 Å². The number of hydrogen-bond donors (Lipinski definition) is 0. The van der Waals surface area contributed by atoms with Gasteiger partial charge in [0.1, 0.15) is 11.9 Å². The topological polar surface area (TPSA) is 64.6 Å². The second kappa shape index (κ2) is 12.9. The third-order valence-electron chi connectivity index (χ3n) is 7.62. The van der Waals surface area contributed by atoms with E-state index in [4.69, 9.17) is 9.47 Å². The summed E-state index contributed by atoms with van der Waals surface area (Å²) in [7, 11) is 1.74. The maximum atomic E-state index is 12.9. The molecule has 6 nitrogen and oxygen atoms in total. The van der Waals surface area contributed by atoms with Gasteiger partial charge in [0.05, 0.1) is 24.0 Å². The fourth-order valence-electron chi connectivity index (χ4n) is 5.48. The molecule has 2 heterocycles. The van der Waals surface area contributed by atoms with Gasteiger partial charge in [0.25, 0.3) is 0 Å². The van der Waals surface area contributed by atoms with Crippen LogP contribution in [0.3, 0.4) is 0 Å². The molecular formula is C32H37N3O3S. The van der Waals surface area contributed by atoms with Gasteiger partial charge >= 0.3 is 0 Å². The number of carbonyl (C=O) groups is 1. The first-order valence-electron chi connectivity index (χ1n) is 13.7. The van der Waals surface area contributed by atoms with E-state index in [9.17, 15) is 4.79 Å². The molecule has 2 aromatic carbocycles. The molecule has 5 rings (SSSR count). The largest absolute Gasteiger partial charge is 0.487 e. The molecule has 3 unspecified atom stereocenters. The maximum absolute atomic E-state index is 12.9. The fourth-order valence-corrected chi connectivity index (χ4v) is 6.63. The highest BCUT2D eigenvalue weighted by Gasteiger charge is 2.32. The van der Waals surface area contributed by atoms with Crippen LogP contribution in [0.15, 0.2) is 72.7 Å². The van der Waals surface area contributed by atoms with Crippen LogP contribution in [0.4, 0.5) is 0 Å². The lowest BCUT2D eigenvalue weighted by Gasteiger charge is -2.23. The zero-order valence-corrected chi connectivity index (χ0v) is 23.8. The number of ketones is 1. The Morgan fingerprint density at radius 2 is 2.00 bits per heavy atom. The van der Waals surface area contributed by atoms with Crippen LogP contribution in [-0.2, 0) is 10.5 Å². The molecule has 0 radical (unpaired) electrons. The molecule has 0 amide bonds. The standard InChI is InChI=1S/C32H37N3O3S/c1-22-9-10-23(2)27(16-22)30(36)12-11-24-18-31(37-3)32(19-24)38-26-7-4-6-25(17-26)21-39-35-15-5-8-29(35)28-20-33-13-14-34-28/h4,6-7,9-11,13-14,16-17,20,29,31-32H,5,8,12,15,18-19,21H2,1-3H3/b24-11+. The third-order valence-corrected chi connectivity index (χ3v) is 8.86. The van der Waals surface area contributed by atoms with Gasteiger partial charge in [0, 0.05) is 50.2 Å². The number of aryl methyl sites for hydroxylation is 2. The molecule has 0 bridgehead atoms. The van der Waals surface area contributed by atoms with E-state index < -0.39 is 0 Å². The van der Waals surface area contributed by atoms with E-state index in [1.165, 1.54) is 17.6 Å². The fraction of sp³-hybridized carbons (Fsp3) is 0.406. The molecule has 2 fully saturated rings. The molecule has 3 atom stereocenters. The van der Waals surface area contributed by atoms with E-state index in [0.29, 0.717) is 12.5 Å². The van der Waals surface area contributed by atoms with Crippen LogP contribution in [-0.4, -0.2) is 45.9 Å². The van der Waals surface area contributed by atoms with Crippen LogP contribution in [0.5, 0.6) is 5.75 Å². The Bertz CT molecular complexity index is 1310. The number of carbonyl (C=O) groups excluding carboxylic acids is 1. The quantitative estimate of drug-likeness (QED) is 0.158. The molecule has 1 saturated heterocycles. The first kappa shape index (κ1) is 27.6. The lowest BCUT2D eigenvalue weighted by molar-refractivity contribution is 0.0230. The number of nitrogens with zero attached hydrogens (tertiary/aromatic N) is 3. The van der Waals surface area contributed by atoms with Crippen molar-refractivity contribution in [1.82, 2.24) is 14.3 Å². The molecule has 1 aromatic heterocycles. The molecular weight excluding hydrogens is 506 g/mol. The third kappa shape index (κ3) is 6.96. The van der Waals surface area contributed by atoms with E-state index in [1.54, 1.807) is 19.5 Å². The second-order valence-electron chi connectivity index (χ2n) is 10.5. The minimum atomic E-state index is -0.0698. The average Bonchev–Trinajstić information content (AvgIpc) is 3.59. The summed E-state index contributed by atoms with van der Waals surface area (Å²) in [6, 6.07) is 14.7. The van der Waals surface area contributed by atoms with Gasteiger partial charge in [-0.2, -0.15) is 0 Å². The van der Waals surface area contributed by atoms with E-state index in [2.05, 4.69) is 38.5 Å². The van der Waals surface area contributed by atoms with Gasteiger partial charge in [-0.3, -0.25) is 14.8 Å². The Hall–Kier alpha value is -3.00. The molecule has 0 N–H and O–H groups in total. The summed E-state index contributed by atoms with van der Waals surface area (Å²) in [5, 5.41) is 0. The zero-order chi connectivity index (χ0) is 27.2. The van der Waals surface area contributed by atoms with Crippen LogP contribution in [0, 0.1) is 13.8 Å². The Kier molecular flexibility index (Phi) is 9.12. The first-order chi connectivity index (χ1) is 19.0. The summed E-state index contributed by atoms with van der Waals surface area (Å²) >= 11 is 1.85. The monoisotopic (exact) mass is 543 g/mol. The summed E-state index contributed by atoms with van der Waals surface area (Å²) < 4.78 is 14.7.